The van der Waals surface area contributed by atoms with E-state index in [0.717, 1.165) is 22.2 Å². The van der Waals surface area contributed by atoms with Crippen LogP contribution in [0.4, 0.5) is 5.13 Å². The maximum absolute atomic E-state index is 12.9. The Hall–Kier alpha value is -4.05. The molecule has 0 saturated heterocycles. The van der Waals surface area contributed by atoms with Crippen molar-refractivity contribution in [3.05, 3.63) is 53.5 Å². The van der Waals surface area contributed by atoms with Crippen molar-refractivity contribution < 1.29 is 23.8 Å². The number of primary amides is 1. The van der Waals surface area contributed by atoms with E-state index in [1.54, 1.807) is 0 Å². The standard InChI is InChI=1S/C22H20N4O5S/c1-29-17-7-12(8-18(30-2)20(17)31-10-19(23)27)21(28)26-22-25-16(11-32-22)14-9-24-15-6-4-3-5-13(14)15/h3-9,11,24H,10H2,1-2H3,(H2,23,27)(H,25,26,28). The Labute approximate surface area is 187 Å². The molecule has 4 aromatic rings. The van der Waals surface area contributed by atoms with Crippen LogP contribution in [0, 0.1) is 0 Å². The number of carbonyl (C=O) groups is 2. The van der Waals surface area contributed by atoms with Gasteiger partial charge in [-0.25, -0.2) is 4.98 Å². The summed E-state index contributed by atoms with van der Waals surface area (Å²) < 4.78 is 16.0. The van der Waals surface area contributed by atoms with Crippen LogP contribution < -0.4 is 25.3 Å². The number of thiazole rings is 1. The van der Waals surface area contributed by atoms with Gasteiger partial charge in [0.1, 0.15) is 0 Å². The Kier molecular flexibility index (Phi) is 5.95. The number of H-pyrrole nitrogens is 1. The summed E-state index contributed by atoms with van der Waals surface area (Å²) in [5, 5.41) is 6.17. The van der Waals surface area contributed by atoms with E-state index in [1.165, 1.54) is 37.7 Å². The molecular formula is C22H20N4O5S. The average molecular weight is 452 g/mol. The van der Waals surface area contributed by atoms with Gasteiger partial charge in [0.05, 0.1) is 19.9 Å². The predicted molar refractivity (Wildman–Crippen MR) is 122 cm³/mol. The molecule has 2 amide bonds. The summed E-state index contributed by atoms with van der Waals surface area (Å²) in [6.45, 7) is -0.353. The minimum atomic E-state index is -0.647. The van der Waals surface area contributed by atoms with E-state index >= 15 is 0 Å². The van der Waals surface area contributed by atoms with Crippen molar-refractivity contribution in [2.45, 2.75) is 0 Å². The summed E-state index contributed by atoms with van der Waals surface area (Å²) in [6, 6.07) is 10.9. The second-order valence-electron chi connectivity index (χ2n) is 6.70. The number of nitrogens with zero attached hydrogens (tertiary/aromatic N) is 1. The number of hydrogen-bond acceptors (Lipinski definition) is 7. The number of para-hydroxylation sites is 1. The highest BCUT2D eigenvalue weighted by Gasteiger charge is 2.19. The fourth-order valence-corrected chi connectivity index (χ4v) is 3.91. The van der Waals surface area contributed by atoms with Gasteiger partial charge >= 0.3 is 0 Å². The van der Waals surface area contributed by atoms with Gasteiger partial charge in [0.25, 0.3) is 11.8 Å². The van der Waals surface area contributed by atoms with Crippen LogP contribution in [0.5, 0.6) is 17.2 Å². The number of fused-ring (bicyclic) bond motifs is 1. The number of amides is 2. The smallest absolute Gasteiger partial charge is 0.257 e. The second-order valence-corrected chi connectivity index (χ2v) is 7.56. The number of aromatic amines is 1. The molecule has 0 fully saturated rings. The maximum atomic E-state index is 12.9. The first kappa shape index (κ1) is 21.2. The van der Waals surface area contributed by atoms with E-state index in [2.05, 4.69) is 15.3 Å². The number of methoxy groups -OCH3 is 2. The molecule has 0 saturated carbocycles. The molecule has 4 N–H and O–H groups in total. The molecule has 0 bridgehead atoms. The van der Waals surface area contributed by atoms with Crippen molar-refractivity contribution in [1.82, 2.24) is 9.97 Å². The number of nitrogens with one attached hydrogen (secondary N) is 2. The lowest BCUT2D eigenvalue weighted by molar-refractivity contribution is -0.120. The average Bonchev–Trinajstić information content (AvgIpc) is 3.43. The van der Waals surface area contributed by atoms with Crippen LogP contribution >= 0.6 is 11.3 Å². The van der Waals surface area contributed by atoms with Gasteiger partial charge in [-0.05, 0) is 18.2 Å². The van der Waals surface area contributed by atoms with Gasteiger partial charge in [-0.3, -0.25) is 14.9 Å². The van der Waals surface area contributed by atoms with Gasteiger partial charge in [0, 0.05) is 33.6 Å². The lowest BCUT2D eigenvalue weighted by Gasteiger charge is -2.15. The third-order valence-electron chi connectivity index (χ3n) is 4.67. The molecular weight excluding hydrogens is 432 g/mol. The Bertz CT molecular complexity index is 1270. The molecule has 0 unspecified atom stereocenters. The minimum absolute atomic E-state index is 0.182. The van der Waals surface area contributed by atoms with Gasteiger partial charge in [0.2, 0.25) is 5.75 Å². The summed E-state index contributed by atoms with van der Waals surface area (Å²) in [7, 11) is 2.84. The number of benzene rings is 2. The Morgan fingerprint density at radius 2 is 1.88 bits per heavy atom. The lowest BCUT2D eigenvalue weighted by Crippen LogP contribution is -2.20. The molecule has 164 valence electrons. The molecule has 2 heterocycles. The fraction of sp³-hybridized carbons (Fsp3) is 0.136. The van der Waals surface area contributed by atoms with Crippen molar-refractivity contribution in [3.63, 3.8) is 0 Å². The Morgan fingerprint density at radius 1 is 1.16 bits per heavy atom. The van der Waals surface area contributed by atoms with Gasteiger partial charge in [-0.2, -0.15) is 0 Å². The molecule has 0 spiro atoms. The fourth-order valence-electron chi connectivity index (χ4n) is 3.20. The predicted octanol–water partition coefficient (Wildman–Crippen LogP) is 3.43. The molecule has 0 aliphatic carbocycles. The summed E-state index contributed by atoms with van der Waals surface area (Å²) in [5.74, 6) is -0.404. The normalized spacial score (nSPS) is 10.7. The van der Waals surface area contributed by atoms with Crippen molar-refractivity contribution in [2.24, 2.45) is 5.73 Å². The van der Waals surface area contributed by atoms with Gasteiger partial charge < -0.3 is 24.9 Å². The SMILES string of the molecule is COc1cc(C(=O)Nc2nc(-c3c[nH]c4ccccc34)cs2)cc(OC)c1OCC(N)=O. The highest BCUT2D eigenvalue weighted by Crippen LogP contribution is 2.39. The van der Waals surface area contributed by atoms with Crippen molar-refractivity contribution in [1.29, 1.82) is 0 Å². The first-order chi connectivity index (χ1) is 15.5. The quantitative estimate of drug-likeness (QED) is 0.376. The molecule has 4 rings (SSSR count). The lowest BCUT2D eigenvalue weighted by atomic mass is 10.1. The number of rotatable bonds is 8. The van der Waals surface area contributed by atoms with Gasteiger partial charge in [-0.1, -0.05) is 18.2 Å². The zero-order valence-electron chi connectivity index (χ0n) is 17.3. The first-order valence-electron chi connectivity index (χ1n) is 9.50. The third-order valence-corrected chi connectivity index (χ3v) is 5.43. The van der Waals surface area contributed by atoms with E-state index in [9.17, 15) is 9.59 Å². The first-order valence-corrected chi connectivity index (χ1v) is 10.4. The highest BCUT2D eigenvalue weighted by molar-refractivity contribution is 7.14. The monoisotopic (exact) mass is 452 g/mol. The summed E-state index contributed by atoms with van der Waals surface area (Å²) in [5.41, 5.74) is 8.14. The second kappa shape index (κ2) is 8.98. The van der Waals surface area contributed by atoms with Gasteiger partial charge in [0.15, 0.2) is 23.2 Å². The molecule has 2 aromatic heterocycles. The van der Waals surface area contributed by atoms with E-state index in [-0.39, 0.29) is 29.4 Å². The summed E-state index contributed by atoms with van der Waals surface area (Å²) >= 11 is 1.32. The number of carbonyl (C=O) groups excluding carboxylic acids is 2. The number of nitrogens with two attached hydrogens (primary N) is 1. The zero-order chi connectivity index (χ0) is 22.7. The van der Waals surface area contributed by atoms with Crippen LogP contribution in [0.3, 0.4) is 0 Å². The zero-order valence-corrected chi connectivity index (χ0v) is 18.1. The molecule has 0 aliphatic heterocycles. The maximum Gasteiger partial charge on any atom is 0.257 e. The summed E-state index contributed by atoms with van der Waals surface area (Å²) in [6.07, 6.45) is 1.89. The van der Waals surface area contributed by atoms with Crippen molar-refractivity contribution in [2.75, 3.05) is 26.1 Å². The third kappa shape index (κ3) is 4.21. The number of aromatic nitrogens is 2. The Morgan fingerprint density at radius 3 is 2.56 bits per heavy atom. The number of hydrogen-bond donors (Lipinski definition) is 3. The summed E-state index contributed by atoms with van der Waals surface area (Å²) in [4.78, 5) is 31.7. The Balaban J connectivity index is 1.57. The molecule has 32 heavy (non-hydrogen) atoms. The van der Waals surface area contributed by atoms with Crippen LogP contribution in [0.25, 0.3) is 22.2 Å². The topological polar surface area (TPSA) is 129 Å². The largest absolute Gasteiger partial charge is 0.493 e. The van der Waals surface area contributed by atoms with E-state index in [1.807, 2.05) is 35.8 Å². The van der Waals surface area contributed by atoms with Crippen molar-refractivity contribution >= 4 is 39.2 Å². The minimum Gasteiger partial charge on any atom is -0.493 e. The molecule has 2 aromatic carbocycles. The van der Waals surface area contributed by atoms with E-state index in [0.29, 0.717) is 5.13 Å². The van der Waals surface area contributed by atoms with Crippen LogP contribution in [-0.2, 0) is 4.79 Å². The molecule has 0 atom stereocenters. The van der Waals surface area contributed by atoms with Crippen LogP contribution in [0.2, 0.25) is 0 Å². The van der Waals surface area contributed by atoms with Gasteiger partial charge in [-0.15, -0.1) is 11.3 Å². The van der Waals surface area contributed by atoms with E-state index in [4.69, 9.17) is 19.9 Å². The molecule has 10 heteroatoms. The number of anilines is 1. The van der Waals surface area contributed by atoms with Crippen molar-refractivity contribution in [3.8, 4) is 28.5 Å². The van der Waals surface area contributed by atoms with Crippen LogP contribution in [0.1, 0.15) is 10.4 Å². The van der Waals surface area contributed by atoms with Crippen LogP contribution in [-0.4, -0.2) is 42.6 Å². The number of ether oxygens (including phenoxy) is 3. The molecule has 9 nitrogen and oxygen atoms in total. The van der Waals surface area contributed by atoms with Crippen LogP contribution in [0.15, 0.2) is 48.0 Å². The molecule has 0 aliphatic rings. The van der Waals surface area contributed by atoms with E-state index < -0.39 is 11.8 Å². The molecule has 0 radical (unpaired) electrons. The highest BCUT2D eigenvalue weighted by atomic mass is 32.1.